The topological polar surface area (TPSA) is 137 Å². The highest BCUT2D eigenvalue weighted by Gasteiger charge is 2.36. The average Bonchev–Trinajstić information content (AvgIpc) is 3.48. The monoisotopic (exact) mass is 555 g/mol. The first-order valence-electron chi connectivity index (χ1n) is 12.9. The van der Waals surface area contributed by atoms with Gasteiger partial charge in [0.25, 0.3) is 17.7 Å². The largest absolute Gasteiger partial charge is 0.417 e. The summed E-state index contributed by atoms with van der Waals surface area (Å²) in [5.74, 6) is -0.936. The molecule has 0 saturated carbocycles. The molecule has 0 bridgehead atoms. The van der Waals surface area contributed by atoms with Gasteiger partial charge >= 0.3 is 0 Å². The van der Waals surface area contributed by atoms with Crippen molar-refractivity contribution in [2.75, 3.05) is 29.5 Å². The zero-order chi connectivity index (χ0) is 29.1. The fourth-order valence-electron chi connectivity index (χ4n) is 3.83. The van der Waals surface area contributed by atoms with E-state index in [4.69, 9.17) is 10.2 Å². The lowest BCUT2D eigenvalue weighted by Gasteiger charge is -2.36. The fourth-order valence-corrected chi connectivity index (χ4v) is 4.92. The first-order valence-corrected chi connectivity index (χ1v) is 15.8. The minimum atomic E-state index is -1.81. The molecule has 0 aliphatic carbocycles. The molecule has 0 aromatic carbocycles. The predicted molar refractivity (Wildman–Crippen MR) is 157 cm³/mol. The van der Waals surface area contributed by atoms with Crippen molar-refractivity contribution >= 4 is 43.1 Å². The molecule has 3 aromatic heterocycles. The number of hydrogen-bond acceptors (Lipinski definition) is 5. The number of aryl methyl sites for hydroxylation is 3. The van der Waals surface area contributed by atoms with Gasteiger partial charge in [0.05, 0.1) is 17.1 Å². The summed E-state index contributed by atoms with van der Waals surface area (Å²) in [6, 6.07) is 4.80. The van der Waals surface area contributed by atoms with Crippen molar-refractivity contribution in [3.8, 4) is 0 Å². The second-order valence-electron chi connectivity index (χ2n) is 11.3. The Labute approximate surface area is 230 Å². The van der Waals surface area contributed by atoms with Crippen LogP contribution in [0.3, 0.4) is 0 Å². The Hall–Kier alpha value is -3.77. The molecule has 3 amide bonds. The maximum absolute atomic E-state index is 13.0. The summed E-state index contributed by atoms with van der Waals surface area (Å²) >= 11 is 0. The van der Waals surface area contributed by atoms with Crippen molar-refractivity contribution in [3.63, 3.8) is 0 Å². The molecule has 0 spiro atoms. The van der Waals surface area contributed by atoms with Crippen LogP contribution < -0.4 is 21.7 Å². The van der Waals surface area contributed by atoms with Crippen LogP contribution >= 0.6 is 0 Å². The number of nitrogens with two attached hydrogens (primary N) is 1. The first-order chi connectivity index (χ1) is 18.1. The van der Waals surface area contributed by atoms with E-state index in [1.165, 1.54) is 0 Å². The molecule has 0 aliphatic heterocycles. The Morgan fingerprint density at radius 3 is 1.74 bits per heavy atom. The first kappa shape index (κ1) is 29.8. The van der Waals surface area contributed by atoms with Crippen LogP contribution in [0.2, 0.25) is 18.1 Å². The molecule has 0 fully saturated rings. The molecule has 3 rings (SSSR count). The second-order valence-corrected chi connectivity index (χ2v) is 16.2. The molecule has 3 aromatic rings. The number of aromatic nitrogens is 3. The summed E-state index contributed by atoms with van der Waals surface area (Å²) in [7, 11) is 3.38. The Bertz CT molecular complexity index is 1360. The highest BCUT2D eigenvalue weighted by atomic mass is 28.4. The Morgan fingerprint density at radius 2 is 1.28 bits per heavy atom. The van der Waals surface area contributed by atoms with E-state index in [-0.39, 0.29) is 22.8 Å². The van der Waals surface area contributed by atoms with Crippen molar-refractivity contribution in [2.45, 2.75) is 45.3 Å². The van der Waals surface area contributed by atoms with E-state index in [0.29, 0.717) is 47.3 Å². The normalized spacial score (nSPS) is 11.9. The maximum atomic E-state index is 13.0. The third-order valence-corrected chi connectivity index (χ3v) is 11.7. The number of carbonyl (C=O) groups excluding carboxylic acids is 3. The molecule has 11 nitrogen and oxygen atoms in total. The summed E-state index contributed by atoms with van der Waals surface area (Å²) in [4.78, 5) is 38.3. The van der Waals surface area contributed by atoms with E-state index in [2.05, 4.69) is 49.8 Å². The van der Waals surface area contributed by atoms with E-state index in [1.807, 2.05) is 0 Å². The number of hydrogen-bond donors (Lipinski definition) is 4. The lowest BCUT2D eigenvalue weighted by molar-refractivity contribution is 0.0941. The van der Waals surface area contributed by atoms with Gasteiger partial charge in [-0.2, -0.15) is 0 Å². The third-order valence-electron chi connectivity index (χ3n) is 7.13. The van der Waals surface area contributed by atoms with Gasteiger partial charge in [0, 0.05) is 52.9 Å². The van der Waals surface area contributed by atoms with Gasteiger partial charge in [-0.05, 0) is 42.8 Å². The van der Waals surface area contributed by atoms with Crippen LogP contribution in [0.4, 0.5) is 17.1 Å². The van der Waals surface area contributed by atoms with Crippen molar-refractivity contribution < 1.29 is 18.8 Å². The van der Waals surface area contributed by atoms with Crippen molar-refractivity contribution in [1.29, 1.82) is 0 Å². The highest BCUT2D eigenvalue weighted by molar-refractivity contribution is 6.74. The molecule has 0 aliphatic rings. The summed E-state index contributed by atoms with van der Waals surface area (Å²) in [5, 5.41) is 8.67. The molecule has 212 valence electrons. The quantitative estimate of drug-likeness (QED) is 0.222. The van der Waals surface area contributed by atoms with Gasteiger partial charge in [-0.3, -0.25) is 14.4 Å². The van der Waals surface area contributed by atoms with Crippen LogP contribution in [0, 0.1) is 0 Å². The number of amides is 3. The van der Waals surface area contributed by atoms with Crippen LogP contribution in [0.25, 0.3) is 0 Å². The predicted octanol–water partition coefficient (Wildman–Crippen LogP) is 3.93. The summed E-state index contributed by atoms with van der Waals surface area (Å²) in [6.07, 6.45) is 5.70. The number of nitrogens with zero attached hydrogens (tertiary/aromatic N) is 3. The van der Waals surface area contributed by atoms with E-state index < -0.39 is 8.32 Å². The van der Waals surface area contributed by atoms with Crippen LogP contribution in [-0.4, -0.2) is 52.9 Å². The zero-order valence-corrected chi connectivity index (χ0v) is 25.1. The minimum absolute atomic E-state index is 0.145. The van der Waals surface area contributed by atoms with Gasteiger partial charge in [0.2, 0.25) is 0 Å². The standard InChI is InChI=1S/C27H41N7O4Si/c1-27(2,3)39(7,8)38-11-9-10-29-24(35)22-13-19(16-33(22)5)31-26(37)23-14-20(17-34(23)6)30-25(36)21-12-18(28)15-32(21)4/h12-17H,9-11,28H2,1-8H3,(H,29,35)(H,30,36)(H,31,37). The zero-order valence-electron chi connectivity index (χ0n) is 24.1. The third kappa shape index (κ3) is 7.21. The van der Waals surface area contributed by atoms with Crippen LogP contribution in [0.1, 0.15) is 58.7 Å². The molecule has 0 atom stereocenters. The fraction of sp³-hybridized carbons (Fsp3) is 0.444. The number of nitrogen functional groups attached to an aromatic ring is 1. The van der Waals surface area contributed by atoms with Gasteiger partial charge in [-0.1, -0.05) is 20.8 Å². The van der Waals surface area contributed by atoms with Crippen LogP contribution in [-0.2, 0) is 25.6 Å². The molecule has 5 N–H and O–H groups in total. The van der Waals surface area contributed by atoms with Gasteiger partial charge in [-0.15, -0.1) is 0 Å². The lowest BCUT2D eigenvalue weighted by atomic mass is 10.2. The van der Waals surface area contributed by atoms with Gasteiger partial charge in [0.15, 0.2) is 8.32 Å². The van der Waals surface area contributed by atoms with E-state index in [0.717, 1.165) is 6.42 Å². The van der Waals surface area contributed by atoms with Crippen LogP contribution in [0.15, 0.2) is 36.8 Å². The van der Waals surface area contributed by atoms with E-state index in [9.17, 15) is 14.4 Å². The Morgan fingerprint density at radius 1 is 0.821 bits per heavy atom. The summed E-state index contributed by atoms with van der Waals surface area (Å²) in [6.45, 7) is 12.1. The highest BCUT2D eigenvalue weighted by Crippen LogP contribution is 2.36. The lowest BCUT2D eigenvalue weighted by Crippen LogP contribution is -2.41. The Kier molecular flexibility index (Phi) is 8.81. The SMILES string of the molecule is Cn1cc(NC(=O)c2cc(NC(=O)c3cc(N)cn3C)cn2C)cc1C(=O)NCCCO[Si](C)(C)C(C)(C)C. The van der Waals surface area contributed by atoms with Crippen molar-refractivity contribution in [2.24, 2.45) is 21.1 Å². The minimum Gasteiger partial charge on any atom is -0.417 e. The number of anilines is 3. The summed E-state index contributed by atoms with van der Waals surface area (Å²) < 4.78 is 11.1. The molecule has 0 radical (unpaired) electrons. The molecule has 0 unspecified atom stereocenters. The van der Waals surface area contributed by atoms with Crippen molar-refractivity contribution in [3.05, 3.63) is 53.9 Å². The molecular formula is C27H41N7O4Si. The van der Waals surface area contributed by atoms with Gasteiger partial charge in [0.1, 0.15) is 17.1 Å². The maximum Gasteiger partial charge on any atom is 0.272 e. The van der Waals surface area contributed by atoms with E-state index >= 15 is 0 Å². The Balaban J connectivity index is 1.55. The molecular weight excluding hydrogens is 514 g/mol. The number of carbonyl (C=O) groups is 3. The smallest absolute Gasteiger partial charge is 0.272 e. The molecule has 39 heavy (non-hydrogen) atoms. The second kappa shape index (κ2) is 11.5. The molecule has 3 heterocycles. The number of rotatable bonds is 10. The van der Waals surface area contributed by atoms with E-state index in [1.54, 1.807) is 71.6 Å². The average molecular weight is 556 g/mol. The molecule has 12 heteroatoms. The van der Waals surface area contributed by atoms with Gasteiger partial charge < -0.3 is 39.8 Å². The van der Waals surface area contributed by atoms with Crippen LogP contribution in [0.5, 0.6) is 0 Å². The van der Waals surface area contributed by atoms with Crippen molar-refractivity contribution in [1.82, 2.24) is 19.0 Å². The molecule has 0 saturated heterocycles. The number of nitrogens with one attached hydrogen (secondary N) is 3. The summed E-state index contributed by atoms with van der Waals surface area (Å²) in [5.41, 5.74) is 8.37. The van der Waals surface area contributed by atoms with Gasteiger partial charge in [-0.25, -0.2) is 0 Å².